The van der Waals surface area contributed by atoms with Gasteiger partial charge >= 0.3 is 0 Å². The van der Waals surface area contributed by atoms with Gasteiger partial charge in [0.05, 0.1) is 6.04 Å². The third-order valence-corrected chi connectivity index (χ3v) is 6.20. The van der Waals surface area contributed by atoms with Crippen LogP contribution in [-0.2, 0) is 6.29 Å². The largest absolute Gasteiger partial charge is 0.244 e. The molecule has 1 aromatic heterocycles. The number of benzene rings is 2. The maximum Gasteiger partial charge on any atom is 0.244 e. The molecule has 0 aliphatic heterocycles. The molecule has 2 aromatic carbocycles. The Morgan fingerprint density at radius 3 is 1.91 bits per heavy atom. The minimum Gasteiger partial charge on any atom is -0.235 e. The zero-order chi connectivity index (χ0) is 15.4. The van der Waals surface area contributed by atoms with E-state index in [0.29, 0.717) is 6.04 Å². The van der Waals surface area contributed by atoms with Crippen LogP contribution in [-0.4, -0.2) is 4.57 Å². The second kappa shape index (κ2) is 6.89. The predicted molar refractivity (Wildman–Crippen MR) is 94.1 cm³/mol. The predicted octanol–water partition coefficient (Wildman–Crippen LogP) is 3.45. The van der Waals surface area contributed by atoms with Gasteiger partial charge in [0.1, 0.15) is 18.7 Å². The van der Waals surface area contributed by atoms with Crippen LogP contribution >= 0.6 is 7.92 Å². The first kappa shape index (κ1) is 15.0. The van der Waals surface area contributed by atoms with E-state index in [0.717, 1.165) is 6.29 Å². The van der Waals surface area contributed by atoms with E-state index in [4.69, 9.17) is 0 Å². The van der Waals surface area contributed by atoms with Crippen molar-refractivity contribution in [1.82, 2.24) is 4.57 Å². The van der Waals surface area contributed by atoms with Gasteiger partial charge < -0.3 is 0 Å². The molecule has 2 nitrogen and oxygen atoms in total. The third-order valence-electron chi connectivity index (χ3n) is 3.75. The Kier molecular flexibility index (Phi) is 4.70. The van der Waals surface area contributed by atoms with Gasteiger partial charge in [0.2, 0.25) is 6.33 Å². The summed E-state index contributed by atoms with van der Waals surface area (Å²) in [6.07, 6.45) is 7.57. The summed E-state index contributed by atoms with van der Waals surface area (Å²) < 4.78 is 4.56. The molecule has 22 heavy (non-hydrogen) atoms. The first-order valence-electron chi connectivity index (χ1n) is 7.68. The molecule has 0 radical (unpaired) electrons. The number of imidazole rings is 1. The van der Waals surface area contributed by atoms with Crippen molar-refractivity contribution in [2.24, 2.45) is 0 Å². The molecule has 0 atom stereocenters. The highest BCUT2D eigenvalue weighted by Crippen LogP contribution is 2.33. The average molecular weight is 309 g/mol. The van der Waals surface area contributed by atoms with Gasteiger partial charge in [-0.25, -0.2) is 9.13 Å². The fourth-order valence-electron chi connectivity index (χ4n) is 2.49. The molecular weight excluding hydrogens is 287 g/mol. The lowest BCUT2D eigenvalue weighted by molar-refractivity contribution is -0.676. The van der Waals surface area contributed by atoms with E-state index >= 15 is 0 Å². The van der Waals surface area contributed by atoms with Gasteiger partial charge in [0, 0.05) is 0 Å². The van der Waals surface area contributed by atoms with Crippen molar-refractivity contribution in [3.63, 3.8) is 0 Å². The van der Waals surface area contributed by atoms with Crippen LogP contribution in [0.1, 0.15) is 19.9 Å². The summed E-state index contributed by atoms with van der Waals surface area (Å²) in [7, 11) is -0.383. The Morgan fingerprint density at radius 1 is 0.909 bits per heavy atom. The van der Waals surface area contributed by atoms with E-state index in [2.05, 4.69) is 102 Å². The molecule has 0 fully saturated rings. The van der Waals surface area contributed by atoms with Gasteiger partial charge in [0.25, 0.3) is 0 Å². The number of hydrogen-bond donors (Lipinski definition) is 0. The van der Waals surface area contributed by atoms with Crippen LogP contribution < -0.4 is 15.2 Å². The van der Waals surface area contributed by atoms with Crippen LogP contribution in [0.5, 0.6) is 0 Å². The second-order valence-corrected chi connectivity index (χ2v) is 7.88. The fourth-order valence-corrected chi connectivity index (χ4v) is 4.67. The van der Waals surface area contributed by atoms with Gasteiger partial charge in [-0.05, 0) is 32.4 Å². The van der Waals surface area contributed by atoms with E-state index < -0.39 is 0 Å². The van der Waals surface area contributed by atoms with E-state index in [1.54, 1.807) is 0 Å². The fraction of sp³-hybridized carbons (Fsp3) is 0.211. The first-order chi connectivity index (χ1) is 10.7. The van der Waals surface area contributed by atoms with E-state index in [9.17, 15) is 0 Å². The highest BCUT2D eigenvalue weighted by molar-refractivity contribution is 7.71. The minimum atomic E-state index is -0.383. The Hall–Kier alpha value is -1.92. The summed E-state index contributed by atoms with van der Waals surface area (Å²) >= 11 is 0. The number of nitrogens with zero attached hydrogens (tertiary/aromatic N) is 2. The van der Waals surface area contributed by atoms with Crippen molar-refractivity contribution < 1.29 is 4.57 Å². The highest BCUT2D eigenvalue weighted by Gasteiger charge is 2.17. The first-order valence-corrected chi connectivity index (χ1v) is 9.21. The Balaban J connectivity index is 1.92. The molecule has 0 bridgehead atoms. The van der Waals surface area contributed by atoms with Crippen LogP contribution in [0.4, 0.5) is 0 Å². The van der Waals surface area contributed by atoms with Gasteiger partial charge in [-0.3, -0.25) is 0 Å². The molecule has 0 aliphatic rings. The minimum absolute atomic E-state index is 0.383. The highest BCUT2D eigenvalue weighted by atomic mass is 31.1. The van der Waals surface area contributed by atoms with Crippen LogP contribution in [0.25, 0.3) is 0 Å². The lowest BCUT2D eigenvalue weighted by Gasteiger charge is -2.16. The lowest BCUT2D eigenvalue weighted by Crippen LogP contribution is -2.34. The Bertz CT molecular complexity index is 665. The molecule has 0 spiro atoms. The summed E-state index contributed by atoms with van der Waals surface area (Å²) in [5.41, 5.74) is 0. The second-order valence-electron chi connectivity index (χ2n) is 5.71. The van der Waals surface area contributed by atoms with Crippen molar-refractivity contribution >= 4 is 18.5 Å². The molecule has 0 unspecified atom stereocenters. The molecular formula is C19H22N2P+. The zero-order valence-corrected chi connectivity index (χ0v) is 14.0. The molecule has 3 rings (SSSR count). The smallest absolute Gasteiger partial charge is 0.235 e. The third kappa shape index (κ3) is 3.45. The van der Waals surface area contributed by atoms with Crippen LogP contribution in [0.15, 0.2) is 79.4 Å². The standard InChI is InChI=1S/C19H22N2P/c1-17(2)21-14-13-20(15-21)16-22(18-9-5-3-6-10-18)19-11-7-4-8-12-19/h3-15,17H,16H2,1-2H3/q+1. The molecule has 3 heteroatoms. The van der Waals surface area contributed by atoms with Crippen LogP contribution in [0, 0.1) is 0 Å². The number of aromatic nitrogens is 2. The maximum atomic E-state index is 2.31. The Morgan fingerprint density at radius 2 is 1.45 bits per heavy atom. The average Bonchev–Trinajstić information content (AvgIpc) is 3.03. The molecule has 0 saturated heterocycles. The summed E-state index contributed by atoms with van der Waals surface area (Å²) in [6, 6.07) is 22.2. The molecule has 112 valence electrons. The van der Waals surface area contributed by atoms with Crippen molar-refractivity contribution in [2.75, 3.05) is 0 Å². The van der Waals surface area contributed by atoms with E-state index in [1.807, 2.05) is 0 Å². The molecule has 0 N–H and O–H groups in total. The normalized spacial score (nSPS) is 11.3. The van der Waals surface area contributed by atoms with Crippen LogP contribution in [0.3, 0.4) is 0 Å². The quantitative estimate of drug-likeness (QED) is 0.504. The summed E-state index contributed by atoms with van der Waals surface area (Å²) in [5, 5.41) is 2.85. The zero-order valence-electron chi connectivity index (χ0n) is 13.1. The SMILES string of the molecule is CC(C)n1cc[n+](CP(c2ccccc2)c2ccccc2)c1. The summed E-state index contributed by atoms with van der Waals surface area (Å²) in [5.74, 6) is 0. The van der Waals surface area contributed by atoms with Crippen molar-refractivity contribution in [3.05, 3.63) is 79.4 Å². The summed E-state index contributed by atoms with van der Waals surface area (Å²) in [6.45, 7) is 4.42. The van der Waals surface area contributed by atoms with Gasteiger partial charge in [-0.15, -0.1) is 0 Å². The molecule has 1 heterocycles. The Labute approximate surface area is 133 Å². The number of rotatable bonds is 5. The van der Waals surface area contributed by atoms with Crippen LogP contribution in [0.2, 0.25) is 0 Å². The topological polar surface area (TPSA) is 8.81 Å². The number of hydrogen-bond acceptors (Lipinski definition) is 0. The van der Waals surface area contributed by atoms with Gasteiger partial charge in [-0.2, -0.15) is 0 Å². The van der Waals surface area contributed by atoms with Gasteiger partial charge in [0.15, 0.2) is 0 Å². The van der Waals surface area contributed by atoms with E-state index in [-0.39, 0.29) is 7.92 Å². The van der Waals surface area contributed by atoms with E-state index in [1.165, 1.54) is 10.6 Å². The molecule has 3 aromatic rings. The maximum absolute atomic E-state index is 2.31. The van der Waals surface area contributed by atoms with Crippen molar-refractivity contribution in [3.8, 4) is 0 Å². The lowest BCUT2D eigenvalue weighted by atomic mass is 10.4. The molecule has 0 saturated carbocycles. The molecule has 0 amide bonds. The van der Waals surface area contributed by atoms with Gasteiger partial charge in [-0.1, -0.05) is 60.7 Å². The van der Waals surface area contributed by atoms with Crippen molar-refractivity contribution in [1.29, 1.82) is 0 Å². The van der Waals surface area contributed by atoms with Crippen molar-refractivity contribution in [2.45, 2.75) is 26.2 Å². The molecule has 0 aliphatic carbocycles. The monoisotopic (exact) mass is 309 g/mol. The summed E-state index contributed by atoms with van der Waals surface area (Å²) in [4.78, 5) is 0.